The van der Waals surface area contributed by atoms with Gasteiger partial charge in [-0.3, -0.25) is 9.59 Å². The van der Waals surface area contributed by atoms with E-state index >= 15 is 0 Å². The van der Waals surface area contributed by atoms with Crippen molar-refractivity contribution in [3.63, 3.8) is 0 Å². The minimum Gasteiger partial charge on any atom is -0.378 e. The van der Waals surface area contributed by atoms with Crippen LogP contribution >= 0.6 is 31.9 Å². The average Bonchev–Trinajstić information content (AvgIpc) is 2.63. The van der Waals surface area contributed by atoms with Crippen molar-refractivity contribution in [2.24, 2.45) is 0 Å². The molecule has 0 radical (unpaired) electrons. The smallest absolute Gasteiger partial charge is 0.275 e. The number of carbonyl (C=O) groups excluding carboxylic acids is 2. The topological polar surface area (TPSA) is 72.4 Å². The number of aldehydes is 1. The molecule has 0 unspecified atom stereocenters. The van der Waals surface area contributed by atoms with Crippen molar-refractivity contribution in [2.75, 3.05) is 26.3 Å². The highest BCUT2D eigenvalue weighted by Crippen LogP contribution is 2.14. The minimum absolute atomic E-state index is 0.134. The molecule has 0 saturated carbocycles. The summed E-state index contributed by atoms with van der Waals surface area (Å²) in [7, 11) is 0. The number of hydrogen-bond donors (Lipinski definition) is 0. The number of halogens is 4. The summed E-state index contributed by atoms with van der Waals surface area (Å²) in [6, 6.07) is 2.43. The summed E-state index contributed by atoms with van der Waals surface area (Å²) in [5.74, 6) is -1.59. The molecule has 0 atom stereocenters. The lowest BCUT2D eigenvalue weighted by molar-refractivity contribution is 0.0295. The normalized spacial score (nSPS) is 13.6. The fourth-order valence-electron chi connectivity index (χ4n) is 2.00. The number of carbonyl (C=O) groups is 2. The molecule has 1 fully saturated rings. The van der Waals surface area contributed by atoms with Gasteiger partial charge in [-0.1, -0.05) is 0 Å². The van der Waals surface area contributed by atoms with Crippen molar-refractivity contribution < 1.29 is 23.1 Å². The van der Waals surface area contributed by atoms with Gasteiger partial charge in [0.1, 0.15) is 5.69 Å². The Hall–Kier alpha value is -1.78. The van der Waals surface area contributed by atoms with Crippen molar-refractivity contribution in [3.05, 3.63) is 56.5 Å². The van der Waals surface area contributed by atoms with E-state index in [1.165, 1.54) is 24.5 Å². The van der Waals surface area contributed by atoms with Crippen LogP contribution in [0.3, 0.4) is 0 Å². The van der Waals surface area contributed by atoms with Crippen molar-refractivity contribution >= 4 is 44.1 Å². The number of aromatic nitrogens is 2. The first kappa shape index (κ1) is 20.5. The Balaban J connectivity index is 0.000000209. The molecule has 3 heterocycles. The summed E-state index contributed by atoms with van der Waals surface area (Å²) in [5.41, 5.74) is -0.298. The van der Waals surface area contributed by atoms with E-state index in [9.17, 15) is 18.4 Å². The van der Waals surface area contributed by atoms with E-state index < -0.39 is 11.6 Å². The second-order valence-electron chi connectivity index (χ2n) is 5.03. The van der Waals surface area contributed by atoms with Crippen LogP contribution < -0.4 is 0 Å². The molecule has 26 heavy (non-hydrogen) atoms. The molecule has 3 rings (SSSR count). The van der Waals surface area contributed by atoms with Gasteiger partial charge in [-0.05, 0) is 44.0 Å². The van der Waals surface area contributed by atoms with Crippen LogP contribution in [0.25, 0.3) is 0 Å². The zero-order valence-electron chi connectivity index (χ0n) is 13.3. The van der Waals surface area contributed by atoms with Crippen LogP contribution in [0.1, 0.15) is 21.0 Å². The summed E-state index contributed by atoms with van der Waals surface area (Å²) in [5, 5.41) is 0. The SMILES string of the molecule is O=C(c1ncc(Br)cc1F)N1CCOCC1.O=Cc1ncc(Br)cc1F. The predicted octanol–water partition coefficient (Wildman–Crippen LogP) is 3.25. The van der Waals surface area contributed by atoms with E-state index in [1.54, 1.807) is 4.90 Å². The van der Waals surface area contributed by atoms with Crippen LogP contribution in [0.4, 0.5) is 8.78 Å². The maximum Gasteiger partial charge on any atom is 0.275 e. The second kappa shape index (κ2) is 9.79. The molecule has 0 aliphatic carbocycles. The maximum absolute atomic E-state index is 13.5. The molecule has 0 N–H and O–H groups in total. The Labute approximate surface area is 164 Å². The Kier molecular flexibility index (Phi) is 7.73. The molecule has 138 valence electrons. The molecule has 1 aliphatic rings. The van der Waals surface area contributed by atoms with Crippen molar-refractivity contribution in [2.45, 2.75) is 0 Å². The molecule has 0 spiro atoms. The second-order valence-corrected chi connectivity index (χ2v) is 6.86. The molecule has 10 heteroatoms. The van der Waals surface area contributed by atoms with Gasteiger partial charge in [-0.25, -0.2) is 18.7 Å². The van der Waals surface area contributed by atoms with Gasteiger partial charge in [0, 0.05) is 34.4 Å². The Morgan fingerprint density at radius 1 is 1.08 bits per heavy atom. The predicted molar refractivity (Wildman–Crippen MR) is 95.9 cm³/mol. The summed E-state index contributed by atoms with van der Waals surface area (Å²) in [6.07, 6.45) is 3.16. The lowest BCUT2D eigenvalue weighted by Gasteiger charge is -2.26. The highest BCUT2D eigenvalue weighted by molar-refractivity contribution is 9.10. The fraction of sp³-hybridized carbons (Fsp3) is 0.250. The number of amides is 1. The maximum atomic E-state index is 13.5. The van der Waals surface area contributed by atoms with Crippen molar-refractivity contribution in [3.8, 4) is 0 Å². The summed E-state index contributed by atoms with van der Waals surface area (Å²) < 4.78 is 32.2. The first-order chi connectivity index (χ1) is 12.4. The van der Waals surface area contributed by atoms with Gasteiger partial charge in [0.15, 0.2) is 23.6 Å². The number of hydrogen-bond acceptors (Lipinski definition) is 5. The molecule has 6 nitrogen and oxygen atoms in total. The van der Waals surface area contributed by atoms with Gasteiger partial charge >= 0.3 is 0 Å². The Morgan fingerprint density at radius 2 is 1.65 bits per heavy atom. The minimum atomic E-state index is -0.607. The summed E-state index contributed by atoms with van der Waals surface area (Å²) >= 11 is 6.10. The molecule has 0 aromatic carbocycles. The highest BCUT2D eigenvalue weighted by atomic mass is 79.9. The number of morpholine rings is 1. The zero-order chi connectivity index (χ0) is 19.1. The molecule has 1 saturated heterocycles. The third-order valence-corrected chi connectivity index (χ3v) is 4.12. The average molecular weight is 493 g/mol. The monoisotopic (exact) mass is 491 g/mol. The summed E-state index contributed by atoms with van der Waals surface area (Å²) in [4.78, 5) is 30.8. The van der Waals surface area contributed by atoms with Crippen LogP contribution in [0.15, 0.2) is 33.5 Å². The van der Waals surface area contributed by atoms with Crippen LogP contribution in [0, 0.1) is 11.6 Å². The lowest BCUT2D eigenvalue weighted by atomic mass is 10.3. The quantitative estimate of drug-likeness (QED) is 0.602. The first-order valence-electron chi connectivity index (χ1n) is 7.36. The number of pyridine rings is 2. The van der Waals surface area contributed by atoms with Gasteiger partial charge in [-0.2, -0.15) is 0 Å². The van der Waals surface area contributed by atoms with E-state index in [1.807, 2.05) is 0 Å². The van der Waals surface area contributed by atoms with E-state index in [2.05, 4.69) is 41.8 Å². The van der Waals surface area contributed by atoms with Crippen LogP contribution in [-0.4, -0.2) is 53.4 Å². The van der Waals surface area contributed by atoms with Gasteiger partial charge in [0.05, 0.1) is 13.2 Å². The van der Waals surface area contributed by atoms with E-state index in [4.69, 9.17) is 4.74 Å². The molecule has 2 aromatic heterocycles. The fourth-order valence-corrected chi connectivity index (χ4v) is 2.61. The molecule has 2 aromatic rings. The van der Waals surface area contributed by atoms with E-state index in [0.29, 0.717) is 41.5 Å². The Bertz CT molecular complexity index is 802. The largest absolute Gasteiger partial charge is 0.378 e. The summed E-state index contributed by atoms with van der Waals surface area (Å²) in [6.45, 7) is 1.94. The van der Waals surface area contributed by atoms with Crippen LogP contribution in [0.5, 0.6) is 0 Å². The molecule has 1 amide bonds. The standard InChI is InChI=1S/C10H10BrFN2O2.C6H3BrFNO/c11-7-5-8(12)9(13-6-7)10(15)14-1-3-16-4-2-14;7-4-1-5(8)6(3-10)9-2-4/h5-6H,1-4H2;1-3H. The van der Waals surface area contributed by atoms with Gasteiger partial charge < -0.3 is 9.64 Å². The zero-order valence-corrected chi connectivity index (χ0v) is 16.5. The highest BCUT2D eigenvalue weighted by Gasteiger charge is 2.22. The number of rotatable bonds is 2. The molecular formula is C16H13Br2F2N3O3. The Morgan fingerprint density at radius 3 is 2.19 bits per heavy atom. The lowest BCUT2D eigenvalue weighted by Crippen LogP contribution is -2.41. The molecule has 1 aliphatic heterocycles. The van der Waals surface area contributed by atoms with Crippen molar-refractivity contribution in [1.29, 1.82) is 0 Å². The van der Waals surface area contributed by atoms with Gasteiger partial charge in [-0.15, -0.1) is 0 Å². The van der Waals surface area contributed by atoms with Crippen molar-refractivity contribution in [1.82, 2.24) is 14.9 Å². The molecular weight excluding hydrogens is 480 g/mol. The van der Waals surface area contributed by atoms with Crippen LogP contribution in [0.2, 0.25) is 0 Å². The number of nitrogens with zero attached hydrogens (tertiary/aromatic N) is 3. The number of ether oxygens (including phenoxy) is 1. The van der Waals surface area contributed by atoms with E-state index in [0.717, 1.165) is 0 Å². The third-order valence-electron chi connectivity index (χ3n) is 3.26. The molecule has 0 bridgehead atoms. The van der Waals surface area contributed by atoms with Gasteiger partial charge in [0.25, 0.3) is 5.91 Å². The van der Waals surface area contributed by atoms with Crippen LogP contribution in [-0.2, 0) is 4.74 Å². The van der Waals surface area contributed by atoms with E-state index in [-0.39, 0.29) is 17.3 Å². The van der Waals surface area contributed by atoms with Gasteiger partial charge in [0.2, 0.25) is 0 Å². The third kappa shape index (κ3) is 5.61. The first-order valence-corrected chi connectivity index (χ1v) is 8.95.